The van der Waals surface area contributed by atoms with Gasteiger partial charge in [0.1, 0.15) is 0 Å². The zero-order chi connectivity index (χ0) is 22.2. The molecule has 0 saturated heterocycles. The first-order chi connectivity index (χ1) is 12.7. The zero-order valence-electron chi connectivity index (χ0n) is 21.1. The highest BCUT2D eigenvalue weighted by molar-refractivity contribution is 6.77. The lowest BCUT2D eigenvalue weighted by Crippen LogP contribution is -2.48. The minimum atomic E-state index is -1.73. The molecule has 28 heavy (non-hydrogen) atoms. The molecule has 0 aliphatic carbocycles. The van der Waals surface area contributed by atoms with Crippen LogP contribution < -0.4 is 0 Å². The number of hydrogen-bond acceptors (Lipinski definition) is 2. The van der Waals surface area contributed by atoms with Crippen molar-refractivity contribution in [2.45, 2.75) is 125 Å². The summed E-state index contributed by atoms with van der Waals surface area (Å²) in [5, 5.41) is 9.23. The Morgan fingerprint density at radius 1 is 0.893 bits per heavy atom. The third-order valence-electron chi connectivity index (χ3n) is 6.61. The van der Waals surface area contributed by atoms with E-state index in [1.54, 1.807) is 0 Å². The van der Waals surface area contributed by atoms with E-state index in [1.165, 1.54) is 12.0 Å². The van der Waals surface area contributed by atoms with Crippen molar-refractivity contribution in [3.05, 3.63) is 11.6 Å². The summed E-state index contributed by atoms with van der Waals surface area (Å²) in [6, 6.07) is 0. The molecule has 0 fully saturated rings. The Hall–Kier alpha value is -0.123. The highest BCUT2D eigenvalue weighted by Crippen LogP contribution is 2.42. The molecule has 0 aliphatic heterocycles. The van der Waals surface area contributed by atoms with Crippen LogP contribution in [0.25, 0.3) is 0 Å². The summed E-state index contributed by atoms with van der Waals surface area (Å²) < 4.78 is 6.73. The van der Waals surface area contributed by atoms with Gasteiger partial charge in [0.15, 0.2) is 8.32 Å². The van der Waals surface area contributed by atoms with Crippen molar-refractivity contribution in [1.82, 2.24) is 0 Å². The van der Waals surface area contributed by atoms with Gasteiger partial charge in [0.25, 0.3) is 0 Å². The Morgan fingerprint density at radius 3 is 1.82 bits per heavy atom. The molecule has 0 unspecified atom stereocenters. The lowest BCUT2D eigenvalue weighted by Gasteiger charge is -2.42. The number of rotatable bonds is 14. The molecule has 0 atom stereocenters. The van der Waals surface area contributed by atoms with Crippen molar-refractivity contribution in [2.75, 3.05) is 13.2 Å². The average Bonchev–Trinajstić information content (AvgIpc) is 2.51. The van der Waals surface area contributed by atoms with Crippen LogP contribution in [-0.4, -0.2) is 26.6 Å². The van der Waals surface area contributed by atoms with Gasteiger partial charge in [-0.3, -0.25) is 0 Å². The van der Waals surface area contributed by atoms with E-state index in [1.807, 2.05) is 0 Å². The van der Waals surface area contributed by atoms with Crippen LogP contribution in [0, 0.1) is 10.8 Å². The molecule has 0 heterocycles. The largest absolute Gasteiger partial charge is 0.416 e. The molecule has 0 rings (SSSR count). The molecule has 2 nitrogen and oxygen atoms in total. The van der Waals surface area contributed by atoms with E-state index in [9.17, 15) is 5.11 Å². The first-order valence-corrected chi connectivity index (χ1v) is 13.7. The molecular weight excluding hydrogens is 360 g/mol. The molecule has 0 aromatic heterocycles. The van der Waals surface area contributed by atoms with Gasteiger partial charge in [0.05, 0.1) is 0 Å². The Morgan fingerprint density at radius 2 is 1.39 bits per heavy atom. The second-order valence-corrected chi connectivity index (χ2v) is 17.0. The fourth-order valence-electron chi connectivity index (χ4n) is 5.07. The van der Waals surface area contributed by atoms with Crippen molar-refractivity contribution in [3.63, 3.8) is 0 Å². The van der Waals surface area contributed by atoms with Gasteiger partial charge in [-0.2, -0.15) is 0 Å². The molecule has 1 N–H and O–H groups in total. The molecule has 0 spiro atoms. The van der Waals surface area contributed by atoms with Crippen LogP contribution in [0.4, 0.5) is 0 Å². The summed E-state index contributed by atoms with van der Waals surface area (Å²) >= 11 is 0. The molecule has 0 radical (unpaired) electrons. The molecular formula is C25H52O2Si. The van der Waals surface area contributed by atoms with E-state index >= 15 is 0 Å². The van der Waals surface area contributed by atoms with Gasteiger partial charge in [-0.05, 0) is 66.5 Å². The SMILES string of the molecule is CC(=CCC(C)(C)CCCO[Si](C(C)C)(C(C)C)C(C)C)CC(C)(C)CCO. The van der Waals surface area contributed by atoms with Gasteiger partial charge in [0, 0.05) is 13.2 Å². The first kappa shape index (κ1) is 27.9. The summed E-state index contributed by atoms with van der Waals surface area (Å²) in [4.78, 5) is 0. The molecule has 3 heteroatoms. The van der Waals surface area contributed by atoms with Crippen molar-refractivity contribution < 1.29 is 9.53 Å². The normalized spacial score (nSPS) is 14.6. The van der Waals surface area contributed by atoms with Gasteiger partial charge >= 0.3 is 0 Å². The van der Waals surface area contributed by atoms with Crippen LogP contribution in [0.3, 0.4) is 0 Å². The molecule has 0 amide bonds. The van der Waals surface area contributed by atoms with Crippen molar-refractivity contribution in [2.24, 2.45) is 10.8 Å². The summed E-state index contributed by atoms with van der Waals surface area (Å²) in [5.41, 5.74) is 3.93. The highest BCUT2D eigenvalue weighted by atomic mass is 28.4. The van der Waals surface area contributed by atoms with Crippen LogP contribution in [0.5, 0.6) is 0 Å². The second-order valence-electron chi connectivity index (χ2n) is 11.5. The Bertz CT molecular complexity index is 439. The zero-order valence-corrected chi connectivity index (χ0v) is 22.1. The van der Waals surface area contributed by atoms with E-state index in [0.29, 0.717) is 22.0 Å². The molecule has 168 valence electrons. The third-order valence-corrected chi connectivity index (χ3v) is 12.7. The van der Waals surface area contributed by atoms with Gasteiger partial charge in [-0.1, -0.05) is 80.9 Å². The van der Waals surface area contributed by atoms with Gasteiger partial charge < -0.3 is 9.53 Å². The first-order valence-electron chi connectivity index (χ1n) is 11.6. The monoisotopic (exact) mass is 412 g/mol. The maximum Gasteiger partial charge on any atom is 0.200 e. The Labute approximate surface area is 178 Å². The van der Waals surface area contributed by atoms with Crippen LogP contribution >= 0.6 is 0 Å². The Balaban J connectivity index is 4.66. The van der Waals surface area contributed by atoms with Crippen molar-refractivity contribution >= 4 is 8.32 Å². The fourth-order valence-corrected chi connectivity index (χ4v) is 10.6. The van der Waals surface area contributed by atoms with E-state index in [2.05, 4.69) is 82.2 Å². The number of aliphatic hydroxyl groups is 1. The minimum Gasteiger partial charge on any atom is -0.416 e. The number of allylic oxidation sites excluding steroid dienone is 2. The molecule has 0 aromatic rings. The standard InChI is InChI=1S/C25H52O2Si/c1-20(2)28(21(3)4,22(5)6)27-18-12-14-24(8,9)15-13-23(7)19-25(10,11)16-17-26/h13,20-22,26H,12,14-19H2,1-11H3. The van der Waals surface area contributed by atoms with Crippen LogP contribution in [-0.2, 0) is 4.43 Å². The smallest absolute Gasteiger partial charge is 0.200 e. The molecule has 0 bridgehead atoms. The molecule has 0 saturated carbocycles. The summed E-state index contributed by atoms with van der Waals surface area (Å²) in [6.45, 7) is 26.9. The quantitative estimate of drug-likeness (QED) is 0.177. The van der Waals surface area contributed by atoms with Crippen LogP contribution in [0.15, 0.2) is 11.6 Å². The lowest BCUT2D eigenvalue weighted by atomic mass is 9.80. The molecule has 0 aliphatic rings. The van der Waals surface area contributed by atoms with Crippen LogP contribution in [0.1, 0.15) is 108 Å². The van der Waals surface area contributed by atoms with E-state index in [-0.39, 0.29) is 12.0 Å². The second kappa shape index (κ2) is 11.9. The third kappa shape index (κ3) is 9.13. The summed E-state index contributed by atoms with van der Waals surface area (Å²) in [7, 11) is -1.73. The number of aliphatic hydroxyl groups excluding tert-OH is 1. The van der Waals surface area contributed by atoms with E-state index in [0.717, 1.165) is 32.3 Å². The summed E-state index contributed by atoms with van der Waals surface area (Å²) in [5.74, 6) is 0. The predicted octanol–water partition coefficient (Wildman–Crippen LogP) is 8.12. The minimum absolute atomic E-state index is 0.186. The topological polar surface area (TPSA) is 29.5 Å². The van der Waals surface area contributed by atoms with E-state index in [4.69, 9.17) is 4.43 Å². The van der Waals surface area contributed by atoms with Crippen molar-refractivity contribution in [3.8, 4) is 0 Å². The van der Waals surface area contributed by atoms with Gasteiger partial charge in [-0.15, -0.1) is 0 Å². The summed E-state index contributed by atoms with van der Waals surface area (Å²) in [6.07, 6.45) is 7.83. The van der Waals surface area contributed by atoms with Gasteiger partial charge in [-0.25, -0.2) is 0 Å². The fraction of sp³-hybridized carbons (Fsp3) is 0.920. The van der Waals surface area contributed by atoms with Crippen molar-refractivity contribution in [1.29, 1.82) is 0 Å². The predicted molar refractivity (Wildman–Crippen MR) is 128 cm³/mol. The highest BCUT2D eigenvalue weighted by Gasteiger charge is 2.44. The Kier molecular flexibility index (Phi) is 11.9. The van der Waals surface area contributed by atoms with E-state index < -0.39 is 8.32 Å². The maximum atomic E-state index is 9.23. The maximum absolute atomic E-state index is 9.23. The van der Waals surface area contributed by atoms with Crippen LogP contribution in [0.2, 0.25) is 16.6 Å². The lowest BCUT2D eigenvalue weighted by molar-refractivity contribution is 0.210. The van der Waals surface area contributed by atoms with Gasteiger partial charge in [0.2, 0.25) is 0 Å². The average molecular weight is 413 g/mol. The number of hydrogen-bond donors (Lipinski definition) is 1. The molecule has 0 aromatic carbocycles.